The smallest absolute Gasteiger partial charge is 0.413 e. The summed E-state index contributed by atoms with van der Waals surface area (Å²) >= 11 is 0. The highest BCUT2D eigenvalue weighted by Crippen LogP contribution is 2.04. The SMILES string of the molecule is O=C(Nc1cc(=O)[nH]c(C(=O)O)n1)OCc1ccccc1. The number of hydrogen-bond donors (Lipinski definition) is 3. The second kappa shape index (κ2) is 6.33. The summed E-state index contributed by atoms with van der Waals surface area (Å²) in [5, 5.41) is 10.9. The summed E-state index contributed by atoms with van der Waals surface area (Å²) < 4.78 is 4.92. The van der Waals surface area contributed by atoms with E-state index >= 15 is 0 Å². The van der Waals surface area contributed by atoms with E-state index in [0.29, 0.717) is 0 Å². The average molecular weight is 289 g/mol. The van der Waals surface area contributed by atoms with Crippen molar-refractivity contribution in [3.63, 3.8) is 0 Å². The zero-order valence-corrected chi connectivity index (χ0v) is 10.7. The third-order valence-electron chi connectivity index (χ3n) is 2.39. The molecular weight excluding hydrogens is 278 g/mol. The number of anilines is 1. The van der Waals surface area contributed by atoms with Gasteiger partial charge in [-0.25, -0.2) is 14.6 Å². The zero-order chi connectivity index (χ0) is 15.2. The van der Waals surface area contributed by atoms with Gasteiger partial charge in [0.25, 0.3) is 5.56 Å². The first-order valence-electron chi connectivity index (χ1n) is 5.87. The molecular formula is C13H11N3O5. The molecule has 0 saturated carbocycles. The quantitative estimate of drug-likeness (QED) is 0.778. The molecule has 0 aliphatic rings. The van der Waals surface area contributed by atoms with Crippen LogP contribution in [0.4, 0.5) is 10.6 Å². The lowest BCUT2D eigenvalue weighted by Gasteiger charge is -2.06. The van der Waals surface area contributed by atoms with Crippen LogP contribution in [0.2, 0.25) is 0 Å². The Morgan fingerprint density at radius 1 is 1.29 bits per heavy atom. The summed E-state index contributed by atoms with van der Waals surface area (Å²) in [6.07, 6.45) is -0.840. The van der Waals surface area contributed by atoms with E-state index in [1.807, 2.05) is 11.1 Å². The van der Waals surface area contributed by atoms with Gasteiger partial charge in [-0.2, -0.15) is 0 Å². The number of aromatic amines is 1. The minimum atomic E-state index is -1.41. The summed E-state index contributed by atoms with van der Waals surface area (Å²) in [5.41, 5.74) is 0.0958. The summed E-state index contributed by atoms with van der Waals surface area (Å²) in [5.74, 6) is -2.18. The van der Waals surface area contributed by atoms with Gasteiger partial charge in [-0.3, -0.25) is 10.1 Å². The molecule has 2 aromatic rings. The van der Waals surface area contributed by atoms with Crippen LogP contribution in [0, 0.1) is 0 Å². The molecule has 0 spiro atoms. The number of benzene rings is 1. The van der Waals surface area contributed by atoms with Gasteiger partial charge < -0.3 is 14.8 Å². The van der Waals surface area contributed by atoms with Crippen LogP contribution >= 0.6 is 0 Å². The van der Waals surface area contributed by atoms with Crippen molar-refractivity contribution in [1.82, 2.24) is 9.97 Å². The number of rotatable bonds is 4. The second-order valence-corrected chi connectivity index (χ2v) is 3.97. The molecule has 21 heavy (non-hydrogen) atoms. The molecule has 8 nitrogen and oxygen atoms in total. The Morgan fingerprint density at radius 3 is 2.67 bits per heavy atom. The van der Waals surface area contributed by atoms with Crippen molar-refractivity contribution >= 4 is 17.9 Å². The third-order valence-corrected chi connectivity index (χ3v) is 2.39. The minimum absolute atomic E-state index is 0.0433. The van der Waals surface area contributed by atoms with Crippen LogP contribution in [-0.4, -0.2) is 27.1 Å². The highest BCUT2D eigenvalue weighted by atomic mass is 16.5. The molecule has 108 valence electrons. The molecule has 2 rings (SSSR count). The minimum Gasteiger partial charge on any atom is -0.475 e. The zero-order valence-electron chi connectivity index (χ0n) is 10.7. The summed E-state index contributed by atoms with van der Waals surface area (Å²) in [6, 6.07) is 9.94. The number of amides is 1. The van der Waals surface area contributed by atoms with E-state index in [4.69, 9.17) is 9.84 Å². The van der Waals surface area contributed by atoms with Gasteiger partial charge >= 0.3 is 12.1 Å². The summed E-state index contributed by atoms with van der Waals surface area (Å²) in [6.45, 7) is 0.0433. The first kappa shape index (κ1) is 14.3. The maximum Gasteiger partial charge on any atom is 0.413 e. The monoisotopic (exact) mass is 289 g/mol. The van der Waals surface area contributed by atoms with E-state index in [1.165, 1.54) is 0 Å². The molecule has 0 unspecified atom stereocenters. The topological polar surface area (TPSA) is 121 Å². The second-order valence-electron chi connectivity index (χ2n) is 3.97. The van der Waals surface area contributed by atoms with Crippen molar-refractivity contribution in [3.05, 3.63) is 58.1 Å². The van der Waals surface area contributed by atoms with Crippen LogP contribution in [0.5, 0.6) is 0 Å². The lowest BCUT2D eigenvalue weighted by atomic mass is 10.2. The Balaban J connectivity index is 1.99. The first-order chi connectivity index (χ1) is 10.0. The lowest BCUT2D eigenvalue weighted by molar-refractivity contribution is 0.0683. The van der Waals surface area contributed by atoms with E-state index in [-0.39, 0.29) is 12.4 Å². The molecule has 0 fully saturated rings. The molecule has 0 bridgehead atoms. The van der Waals surface area contributed by atoms with Gasteiger partial charge in [0.2, 0.25) is 5.82 Å². The molecule has 0 atom stereocenters. The normalized spacial score (nSPS) is 9.90. The van der Waals surface area contributed by atoms with Crippen molar-refractivity contribution in [3.8, 4) is 0 Å². The fourth-order valence-corrected chi connectivity index (χ4v) is 1.49. The number of nitrogens with zero attached hydrogens (tertiary/aromatic N) is 1. The number of aromatic nitrogens is 2. The number of carboxylic acid groups (broad SMARTS) is 1. The Bertz CT molecular complexity index is 711. The summed E-state index contributed by atoms with van der Waals surface area (Å²) in [4.78, 5) is 39.1. The number of ether oxygens (including phenoxy) is 1. The van der Waals surface area contributed by atoms with Crippen LogP contribution in [-0.2, 0) is 11.3 Å². The predicted octanol–water partition coefficient (Wildman–Crippen LogP) is 1.22. The van der Waals surface area contributed by atoms with Gasteiger partial charge in [0.1, 0.15) is 12.4 Å². The van der Waals surface area contributed by atoms with E-state index in [0.717, 1.165) is 11.6 Å². The maximum atomic E-state index is 11.5. The predicted molar refractivity (Wildman–Crippen MR) is 72.1 cm³/mol. The van der Waals surface area contributed by atoms with Gasteiger partial charge in [-0.1, -0.05) is 30.3 Å². The Labute approximate surface area is 118 Å². The fraction of sp³-hybridized carbons (Fsp3) is 0.0769. The number of carboxylic acids is 1. The van der Waals surface area contributed by atoms with Gasteiger partial charge in [0.15, 0.2) is 0 Å². The van der Waals surface area contributed by atoms with Crippen LogP contribution in [0.25, 0.3) is 0 Å². The molecule has 1 heterocycles. The molecule has 1 aromatic carbocycles. The number of carbonyl (C=O) groups excluding carboxylic acids is 1. The van der Waals surface area contributed by atoms with Crippen LogP contribution in [0.3, 0.4) is 0 Å². The largest absolute Gasteiger partial charge is 0.475 e. The first-order valence-corrected chi connectivity index (χ1v) is 5.87. The van der Waals surface area contributed by atoms with Gasteiger partial charge in [-0.15, -0.1) is 0 Å². The van der Waals surface area contributed by atoms with Crippen molar-refractivity contribution in [1.29, 1.82) is 0 Å². The molecule has 1 amide bonds. The third kappa shape index (κ3) is 4.16. The Morgan fingerprint density at radius 2 is 2.00 bits per heavy atom. The molecule has 3 N–H and O–H groups in total. The highest BCUT2D eigenvalue weighted by molar-refractivity contribution is 5.86. The van der Waals surface area contributed by atoms with E-state index in [1.54, 1.807) is 24.3 Å². The molecule has 0 aliphatic heterocycles. The number of aromatic carboxylic acids is 1. The van der Waals surface area contributed by atoms with Crippen LogP contribution in [0.15, 0.2) is 41.2 Å². The summed E-state index contributed by atoms with van der Waals surface area (Å²) in [7, 11) is 0. The van der Waals surface area contributed by atoms with Crippen molar-refractivity contribution in [2.45, 2.75) is 6.61 Å². The maximum absolute atomic E-state index is 11.5. The van der Waals surface area contributed by atoms with Crippen LogP contribution < -0.4 is 10.9 Å². The van der Waals surface area contributed by atoms with Gasteiger partial charge in [0, 0.05) is 6.07 Å². The number of H-pyrrole nitrogens is 1. The molecule has 1 aromatic heterocycles. The van der Waals surface area contributed by atoms with Crippen molar-refractivity contribution < 1.29 is 19.4 Å². The van der Waals surface area contributed by atoms with Crippen molar-refractivity contribution in [2.24, 2.45) is 0 Å². The highest BCUT2D eigenvalue weighted by Gasteiger charge is 2.11. The number of hydrogen-bond acceptors (Lipinski definition) is 5. The van der Waals surface area contributed by atoms with E-state index in [9.17, 15) is 14.4 Å². The molecule has 0 aliphatic carbocycles. The Kier molecular flexibility index (Phi) is 4.30. The van der Waals surface area contributed by atoms with Gasteiger partial charge in [0.05, 0.1) is 0 Å². The lowest BCUT2D eigenvalue weighted by Crippen LogP contribution is -2.20. The number of carbonyl (C=O) groups is 2. The molecule has 0 radical (unpaired) electrons. The molecule has 0 saturated heterocycles. The fourth-order valence-electron chi connectivity index (χ4n) is 1.49. The Hall–Kier alpha value is -3.16. The van der Waals surface area contributed by atoms with E-state index < -0.39 is 23.4 Å². The average Bonchev–Trinajstić information content (AvgIpc) is 2.45. The molecule has 8 heteroatoms. The van der Waals surface area contributed by atoms with E-state index in [2.05, 4.69) is 10.3 Å². The number of nitrogens with one attached hydrogen (secondary N) is 2. The van der Waals surface area contributed by atoms with Crippen molar-refractivity contribution in [2.75, 3.05) is 5.32 Å². The van der Waals surface area contributed by atoms with Crippen LogP contribution in [0.1, 0.15) is 16.2 Å². The van der Waals surface area contributed by atoms with Gasteiger partial charge in [-0.05, 0) is 5.56 Å². The standard InChI is InChI=1S/C13H11N3O5/c17-10-6-9(14-11(16-10)12(18)19)15-13(20)21-7-8-4-2-1-3-5-8/h1-6H,7H2,(H,18,19)(H2,14,15,16,17,20).